The van der Waals surface area contributed by atoms with Crippen LogP contribution in [-0.2, 0) is 18.4 Å². The summed E-state index contributed by atoms with van der Waals surface area (Å²) in [5.74, 6) is -1.31. The predicted octanol–water partition coefficient (Wildman–Crippen LogP) is 1.71. The molecule has 160 valence electrons. The van der Waals surface area contributed by atoms with E-state index in [1.54, 1.807) is 0 Å². The Morgan fingerprint density at radius 3 is 2.77 bits per heavy atom. The normalized spacial score (nSPS) is 12.3. The lowest BCUT2D eigenvalue weighted by atomic mass is 10.2. The number of nitro groups is 1. The van der Waals surface area contributed by atoms with Crippen LogP contribution in [0.5, 0.6) is 0 Å². The van der Waals surface area contributed by atoms with E-state index in [1.807, 2.05) is 6.92 Å². The van der Waals surface area contributed by atoms with Gasteiger partial charge in [-0.25, -0.2) is 9.78 Å². The Morgan fingerprint density at radius 1 is 1.43 bits per heavy atom. The van der Waals surface area contributed by atoms with E-state index >= 15 is 0 Å². The van der Waals surface area contributed by atoms with Crippen molar-refractivity contribution in [2.24, 2.45) is 7.05 Å². The highest BCUT2D eigenvalue weighted by molar-refractivity contribution is 8.00. The Balaban J connectivity index is 2.13. The fraction of sp³-hybridized carbons (Fsp3) is 0.412. The van der Waals surface area contributed by atoms with Crippen molar-refractivity contribution in [3.63, 3.8) is 0 Å². The third-order valence-corrected chi connectivity index (χ3v) is 5.70. The predicted molar refractivity (Wildman–Crippen MR) is 107 cm³/mol. The van der Waals surface area contributed by atoms with E-state index in [0.29, 0.717) is 12.8 Å². The van der Waals surface area contributed by atoms with Crippen molar-refractivity contribution in [1.82, 2.24) is 19.1 Å². The number of nitrogens with one attached hydrogen (secondary N) is 1. The summed E-state index contributed by atoms with van der Waals surface area (Å²) in [7, 11) is 1.43. The van der Waals surface area contributed by atoms with Gasteiger partial charge >= 0.3 is 17.5 Å². The maximum atomic E-state index is 12.5. The van der Waals surface area contributed by atoms with Gasteiger partial charge in [-0.1, -0.05) is 31.5 Å². The van der Waals surface area contributed by atoms with Crippen LogP contribution in [0.25, 0.3) is 11.2 Å². The minimum Gasteiger partial charge on any atom is -0.480 e. The molecule has 0 saturated carbocycles. The molecule has 0 aliphatic rings. The van der Waals surface area contributed by atoms with Gasteiger partial charge in [0.1, 0.15) is 15.9 Å². The number of rotatable bonds is 9. The van der Waals surface area contributed by atoms with Gasteiger partial charge in [-0.3, -0.25) is 29.3 Å². The number of hydrogen-bond acceptors (Lipinski definition) is 8. The molecule has 0 spiro atoms. The highest BCUT2D eigenvalue weighted by Crippen LogP contribution is 2.30. The first kappa shape index (κ1) is 21.4. The van der Waals surface area contributed by atoms with Gasteiger partial charge in [-0.15, -0.1) is 0 Å². The molecule has 30 heavy (non-hydrogen) atoms. The lowest BCUT2D eigenvalue weighted by Gasteiger charge is -2.12. The second-order valence-corrected chi connectivity index (χ2v) is 7.72. The molecule has 2 N–H and O–H groups in total. The molecule has 3 heterocycles. The van der Waals surface area contributed by atoms with Crippen molar-refractivity contribution >= 4 is 34.8 Å². The van der Waals surface area contributed by atoms with E-state index in [9.17, 15) is 29.6 Å². The van der Waals surface area contributed by atoms with E-state index in [1.165, 1.54) is 23.7 Å². The van der Waals surface area contributed by atoms with Gasteiger partial charge in [0.15, 0.2) is 16.3 Å². The topological polar surface area (TPSA) is 166 Å². The molecule has 3 rings (SSSR count). The second-order valence-electron chi connectivity index (χ2n) is 6.56. The molecule has 0 aromatic carbocycles. The first-order chi connectivity index (χ1) is 14.2. The molecule has 0 aliphatic heterocycles. The monoisotopic (exact) mass is 437 g/mol. The number of thioether (sulfide) groups is 1. The number of furan rings is 1. The van der Waals surface area contributed by atoms with Crippen LogP contribution in [0.15, 0.2) is 31.3 Å². The third-order valence-electron chi connectivity index (χ3n) is 4.46. The molecule has 0 aliphatic carbocycles. The number of imidazole rings is 1. The molecule has 13 heteroatoms. The SMILES string of the molecule is CCCCC(Sc1nc2c(c(=O)[nH]c(=O)n2C)n1Cc1ccc([N+](=O)[O-])o1)C(=O)O. The maximum Gasteiger partial charge on any atom is 0.433 e. The number of aromatic nitrogens is 4. The Bertz CT molecular complexity index is 1220. The van der Waals surface area contributed by atoms with Crippen LogP contribution in [0, 0.1) is 10.1 Å². The first-order valence-corrected chi connectivity index (χ1v) is 9.93. The number of carboxylic acid groups (broad SMARTS) is 1. The number of unbranched alkanes of at least 4 members (excludes halogenated alkanes) is 1. The standard InChI is InChI=1S/C17H19N5O7S/c1-3-4-5-10(15(24)25)30-17-18-13-12(14(23)19-16(26)20(13)2)21(17)8-9-6-7-11(29-9)22(27)28/h6-7,10H,3-5,8H2,1-2H3,(H,24,25)(H,19,23,26). The van der Waals surface area contributed by atoms with E-state index in [4.69, 9.17) is 4.42 Å². The maximum absolute atomic E-state index is 12.5. The Labute approximate surface area is 172 Å². The van der Waals surface area contributed by atoms with Crippen LogP contribution in [0.3, 0.4) is 0 Å². The molecule has 1 atom stereocenters. The van der Waals surface area contributed by atoms with Gasteiger partial charge < -0.3 is 14.1 Å². The minimum absolute atomic E-state index is 0.0401. The van der Waals surface area contributed by atoms with E-state index in [-0.39, 0.29) is 28.6 Å². The molecule has 3 aromatic rings. The van der Waals surface area contributed by atoms with Crippen LogP contribution in [0.1, 0.15) is 31.9 Å². The summed E-state index contributed by atoms with van der Waals surface area (Å²) in [6.45, 7) is 1.84. The molecule has 0 radical (unpaired) electrons. The number of aromatic amines is 1. The van der Waals surface area contributed by atoms with Crippen molar-refractivity contribution in [2.75, 3.05) is 0 Å². The molecular weight excluding hydrogens is 418 g/mol. The summed E-state index contributed by atoms with van der Waals surface area (Å²) >= 11 is 0.953. The van der Waals surface area contributed by atoms with Crippen LogP contribution in [-0.4, -0.2) is 40.4 Å². The van der Waals surface area contributed by atoms with Crippen molar-refractivity contribution in [1.29, 1.82) is 0 Å². The van der Waals surface area contributed by atoms with Crippen LogP contribution in [0.2, 0.25) is 0 Å². The van der Waals surface area contributed by atoms with E-state index in [2.05, 4.69) is 9.97 Å². The first-order valence-electron chi connectivity index (χ1n) is 9.05. The minimum atomic E-state index is -1.02. The van der Waals surface area contributed by atoms with Crippen LogP contribution in [0.4, 0.5) is 5.88 Å². The molecule has 0 bridgehead atoms. The van der Waals surface area contributed by atoms with E-state index in [0.717, 1.165) is 22.7 Å². The molecule has 0 amide bonds. The summed E-state index contributed by atoms with van der Waals surface area (Å²) in [6.07, 6.45) is 1.89. The summed E-state index contributed by atoms with van der Waals surface area (Å²) < 4.78 is 7.73. The van der Waals surface area contributed by atoms with Crippen LogP contribution < -0.4 is 11.2 Å². The lowest BCUT2D eigenvalue weighted by Crippen LogP contribution is -2.29. The number of aryl methyl sites for hydroxylation is 1. The van der Waals surface area contributed by atoms with Gasteiger partial charge in [-0.05, 0) is 12.5 Å². The molecular formula is C17H19N5O7S. The van der Waals surface area contributed by atoms with Gasteiger partial charge in [0.25, 0.3) is 5.56 Å². The van der Waals surface area contributed by atoms with Crippen LogP contribution >= 0.6 is 11.8 Å². The average Bonchev–Trinajstić information content (AvgIpc) is 3.29. The largest absolute Gasteiger partial charge is 0.480 e. The molecule has 12 nitrogen and oxygen atoms in total. The average molecular weight is 437 g/mol. The van der Waals surface area contributed by atoms with Gasteiger partial charge in [0, 0.05) is 7.05 Å². The van der Waals surface area contributed by atoms with Crippen molar-refractivity contribution in [3.8, 4) is 0 Å². The zero-order valence-electron chi connectivity index (χ0n) is 16.2. The molecule has 3 aromatic heterocycles. The third kappa shape index (κ3) is 4.15. The second kappa shape index (κ2) is 8.57. The molecule has 1 unspecified atom stereocenters. The quantitative estimate of drug-likeness (QED) is 0.288. The Kier molecular flexibility index (Phi) is 6.10. The Morgan fingerprint density at radius 2 is 2.17 bits per heavy atom. The number of H-pyrrole nitrogens is 1. The summed E-state index contributed by atoms with van der Waals surface area (Å²) in [5.41, 5.74) is -1.25. The number of nitrogens with zero attached hydrogens (tertiary/aromatic N) is 4. The number of fused-ring (bicyclic) bond motifs is 1. The van der Waals surface area contributed by atoms with Gasteiger partial charge in [-0.2, -0.15) is 0 Å². The Hall–Kier alpha value is -3.35. The van der Waals surface area contributed by atoms with Crippen molar-refractivity contribution < 1.29 is 19.2 Å². The van der Waals surface area contributed by atoms with Crippen molar-refractivity contribution in [2.45, 2.75) is 43.1 Å². The lowest BCUT2D eigenvalue weighted by molar-refractivity contribution is -0.402. The smallest absolute Gasteiger partial charge is 0.433 e. The fourth-order valence-electron chi connectivity index (χ4n) is 2.91. The number of hydrogen-bond donors (Lipinski definition) is 2. The van der Waals surface area contributed by atoms with E-state index < -0.39 is 33.3 Å². The van der Waals surface area contributed by atoms with Gasteiger partial charge in [0.05, 0.1) is 12.6 Å². The summed E-state index contributed by atoms with van der Waals surface area (Å²) in [4.78, 5) is 52.8. The zero-order valence-corrected chi connectivity index (χ0v) is 17.0. The van der Waals surface area contributed by atoms with Gasteiger partial charge in [0.2, 0.25) is 0 Å². The number of carbonyl (C=O) groups is 1. The number of carboxylic acids is 1. The summed E-state index contributed by atoms with van der Waals surface area (Å²) in [6, 6.07) is 2.57. The molecule has 0 fully saturated rings. The highest BCUT2D eigenvalue weighted by atomic mass is 32.2. The fourth-order valence-corrected chi connectivity index (χ4v) is 3.97. The molecule has 0 saturated heterocycles. The zero-order chi connectivity index (χ0) is 22.0. The highest BCUT2D eigenvalue weighted by Gasteiger charge is 2.25. The van der Waals surface area contributed by atoms with Crippen molar-refractivity contribution in [3.05, 3.63) is 48.8 Å². The summed E-state index contributed by atoms with van der Waals surface area (Å²) in [5, 5.41) is 19.8. The number of aliphatic carboxylic acids is 1.